The van der Waals surface area contributed by atoms with E-state index in [1.54, 1.807) is 0 Å². The van der Waals surface area contributed by atoms with Crippen LogP contribution in [0.15, 0.2) is 42.5 Å². The Labute approximate surface area is 108 Å². The van der Waals surface area contributed by atoms with Gasteiger partial charge in [-0.2, -0.15) is 0 Å². The van der Waals surface area contributed by atoms with Gasteiger partial charge in [0.1, 0.15) is 6.04 Å². The van der Waals surface area contributed by atoms with Crippen LogP contribution in [0.25, 0.3) is 0 Å². The second-order valence-electron chi connectivity index (χ2n) is 4.80. The third kappa shape index (κ3) is 3.44. The molecular formula is C15H20N2O. The van der Waals surface area contributed by atoms with Gasteiger partial charge in [-0.05, 0) is 37.3 Å². The lowest BCUT2D eigenvalue weighted by Crippen LogP contribution is -2.36. The molecule has 0 heterocycles. The minimum absolute atomic E-state index is 0.312. The summed E-state index contributed by atoms with van der Waals surface area (Å²) >= 11 is 0. The number of primary amides is 1. The van der Waals surface area contributed by atoms with Gasteiger partial charge in [-0.1, -0.05) is 42.5 Å². The second-order valence-corrected chi connectivity index (χ2v) is 4.80. The van der Waals surface area contributed by atoms with E-state index in [1.165, 1.54) is 6.42 Å². The number of amides is 1. The van der Waals surface area contributed by atoms with E-state index >= 15 is 0 Å². The van der Waals surface area contributed by atoms with Crippen molar-refractivity contribution < 1.29 is 4.79 Å². The Morgan fingerprint density at radius 1 is 1.33 bits per heavy atom. The first-order valence-electron chi connectivity index (χ1n) is 6.50. The molecule has 1 aliphatic carbocycles. The van der Waals surface area contributed by atoms with Crippen LogP contribution in [-0.2, 0) is 4.79 Å². The minimum atomic E-state index is -0.378. The molecule has 2 rings (SSSR count). The van der Waals surface area contributed by atoms with E-state index in [9.17, 15) is 4.79 Å². The maximum absolute atomic E-state index is 11.5. The van der Waals surface area contributed by atoms with E-state index in [0.29, 0.717) is 5.92 Å². The van der Waals surface area contributed by atoms with E-state index in [2.05, 4.69) is 17.5 Å². The van der Waals surface area contributed by atoms with Crippen LogP contribution in [0, 0.1) is 5.92 Å². The zero-order chi connectivity index (χ0) is 12.8. The number of carbonyl (C=O) groups is 1. The van der Waals surface area contributed by atoms with Crippen molar-refractivity contribution in [2.24, 2.45) is 11.7 Å². The highest BCUT2D eigenvalue weighted by Crippen LogP contribution is 2.19. The molecule has 1 aliphatic rings. The zero-order valence-corrected chi connectivity index (χ0v) is 10.5. The van der Waals surface area contributed by atoms with Gasteiger partial charge in [0, 0.05) is 0 Å². The summed E-state index contributed by atoms with van der Waals surface area (Å²) in [7, 11) is 0. The molecule has 0 saturated heterocycles. The molecule has 0 bridgehead atoms. The summed E-state index contributed by atoms with van der Waals surface area (Å²) in [6, 6.07) is 9.28. The van der Waals surface area contributed by atoms with Gasteiger partial charge >= 0.3 is 0 Å². The first-order valence-corrected chi connectivity index (χ1v) is 6.50. The smallest absolute Gasteiger partial charge is 0.239 e. The van der Waals surface area contributed by atoms with Gasteiger partial charge < -0.3 is 11.1 Å². The number of nitrogens with two attached hydrogens (primary N) is 1. The summed E-state index contributed by atoms with van der Waals surface area (Å²) in [4.78, 5) is 11.5. The van der Waals surface area contributed by atoms with Gasteiger partial charge in [0.15, 0.2) is 0 Å². The molecule has 96 valence electrons. The number of hydrogen-bond acceptors (Lipinski definition) is 2. The van der Waals surface area contributed by atoms with Crippen molar-refractivity contribution in [3.05, 3.63) is 48.0 Å². The van der Waals surface area contributed by atoms with Crippen LogP contribution in [0.1, 0.15) is 30.9 Å². The maximum atomic E-state index is 11.5. The molecule has 18 heavy (non-hydrogen) atoms. The Morgan fingerprint density at radius 3 is 2.72 bits per heavy atom. The fourth-order valence-corrected chi connectivity index (χ4v) is 2.35. The van der Waals surface area contributed by atoms with E-state index in [4.69, 9.17) is 5.73 Å². The Hall–Kier alpha value is -1.61. The Bertz CT molecular complexity index is 414. The summed E-state index contributed by atoms with van der Waals surface area (Å²) in [5, 5.41) is 3.30. The summed E-state index contributed by atoms with van der Waals surface area (Å²) in [6.07, 6.45) is 7.85. The van der Waals surface area contributed by atoms with Crippen LogP contribution >= 0.6 is 0 Å². The largest absolute Gasteiger partial charge is 0.368 e. The zero-order valence-electron chi connectivity index (χ0n) is 10.5. The lowest BCUT2D eigenvalue weighted by Gasteiger charge is -2.22. The van der Waals surface area contributed by atoms with Crippen LogP contribution in [-0.4, -0.2) is 12.5 Å². The standard InChI is InChI=1S/C15H20N2O/c16-15(18)14(13-9-5-2-6-10-13)17-11-12-7-3-1-4-8-12/h1-3,5-6,9-10,12,14,17H,4,7-8,11H2,(H2,16,18)/t12-,14-/m1/s1. The molecule has 1 aromatic rings. The Balaban J connectivity index is 1.95. The molecule has 1 aromatic carbocycles. The van der Waals surface area contributed by atoms with Crippen LogP contribution < -0.4 is 11.1 Å². The molecule has 0 spiro atoms. The highest BCUT2D eigenvalue weighted by molar-refractivity contribution is 5.81. The van der Waals surface area contributed by atoms with E-state index < -0.39 is 0 Å². The normalized spacial score (nSPS) is 20.6. The first kappa shape index (κ1) is 12.8. The number of allylic oxidation sites excluding steroid dienone is 2. The minimum Gasteiger partial charge on any atom is -0.368 e. The Kier molecular flexibility index (Phi) is 4.53. The van der Waals surface area contributed by atoms with Crippen molar-refractivity contribution in [3.8, 4) is 0 Å². The van der Waals surface area contributed by atoms with E-state index in [1.807, 2.05) is 30.3 Å². The summed E-state index contributed by atoms with van der Waals surface area (Å²) in [6.45, 7) is 0.840. The van der Waals surface area contributed by atoms with Crippen molar-refractivity contribution in [3.63, 3.8) is 0 Å². The topological polar surface area (TPSA) is 55.1 Å². The fraction of sp³-hybridized carbons (Fsp3) is 0.400. The van der Waals surface area contributed by atoms with Crippen molar-refractivity contribution in [2.75, 3.05) is 6.54 Å². The monoisotopic (exact) mass is 244 g/mol. The van der Waals surface area contributed by atoms with Crippen molar-refractivity contribution in [1.82, 2.24) is 5.32 Å². The van der Waals surface area contributed by atoms with Crippen LogP contribution in [0.3, 0.4) is 0 Å². The van der Waals surface area contributed by atoms with Crippen molar-refractivity contribution in [2.45, 2.75) is 25.3 Å². The quantitative estimate of drug-likeness (QED) is 0.780. The SMILES string of the molecule is NC(=O)[C@H](NC[C@@H]1CC=CCC1)c1ccccc1. The van der Waals surface area contributed by atoms with Crippen LogP contribution in [0.2, 0.25) is 0 Å². The second kappa shape index (κ2) is 6.36. The third-order valence-electron chi connectivity index (χ3n) is 3.41. The summed E-state index contributed by atoms with van der Waals surface area (Å²) < 4.78 is 0. The third-order valence-corrected chi connectivity index (χ3v) is 3.41. The Morgan fingerprint density at radius 2 is 2.11 bits per heavy atom. The lowest BCUT2D eigenvalue weighted by molar-refractivity contribution is -0.120. The van der Waals surface area contributed by atoms with Crippen LogP contribution in [0.4, 0.5) is 0 Å². The maximum Gasteiger partial charge on any atom is 0.239 e. The van der Waals surface area contributed by atoms with Gasteiger partial charge in [-0.25, -0.2) is 0 Å². The van der Waals surface area contributed by atoms with Gasteiger partial charge in [0.25, 0.3) is 0 Å². The molecule has 0 radical (unpaired) electrons. The number of nitrogens with one attached hydrogen (secondary N) is 1. The van der Waals surface area contributed by atoms with E-state index in [-0.39, 0.29) is 11.9 Å². The summed E-state index contributed by atoms with van der Waals surface area (Å²) in [5.74, 6) is 0.299. The number of carbonyl (C=O) groups excluding carboxylic acids is 1. The van der Waals surface area contributed by atoms with Crippen LogP contribution in [0.5, 0.6) is 0 Å². The molecular weight excluding hydrogens is 224 g/mol. The lowest BCUT2D eigenvalue weighted by atomic mass is 9.94. The summed E-state index contributed by atoms with van der Waals surface area (Å²) in [5.41, 5.74) is 6.41. The molecule has 0 saturated carbocycles. The molecule has 0 aromatic heterocycles. The number of benzene rings is 1. The van der Waals surface area contributed by atoms with Crippen molar-refractivity contribution in [1.29, 1.82) is 0 Å². The predicted molar refractivity (Wildman–Crippen MR) is 72.9 cm³/mol. The predicted octanol–water partition coefficient (Wildman–Crippen LogP) is 2.16. The molecule has 0 fully saturated rings. The van der Waals surface area contributed by atoms with Crippen molar-refractivity contribution >= 4 is 5.91 Å². The molecule has 3 heteroatoms. The molecule has 3 N–H and O–H groups in total. The highest BCUT2D eigenvalue weighted by Gasteiger charge is 2.19. The average molecular weight is 244 g/mol. The fourth-order valence-electron chi connectivity index (χ4n) is 2.35. The van der Waals surface area contributed by atoms with Gasteiger partial charge in [0.05, 0.1) is 0 Å². The number of hydrogen-bond donors (Lipinski definition) is 2. The number of rotatable bonds is 5. The van der Waals surface area contributed by atoms with Gasteiger partial charge in [-0.3, -0.25) is 4.79 Å². The molecule has 1 amide bonds. The molecule has 0 aliphatic heterocycles. The first-order chi connectivity index (χ1) is 8.77. The highest BCUT2D eigenvalue weighted by atomic mass is 16.1. The average Bonchev–Trinajstić information content (AvgIpc) is 2.41. The van der Waals surface area contributed by atoms with Gasteiger partial charge in [-0.15, -0.1) is 0 Å². The van der Waals surface area contributed by atoms with E-state index in [0.717, 1.165) is 24.9 Å². The molecule has 0 unspecified atom stereocenters. The molecule has 2 atom stereocenters. The molecule has 3 nitrogen and oxygen atoms in total. The van der Waals surface area contributed by atoms with Gasteiger partial charge in [0.2, 0.25) is 5.91 Å².